The van der Waals surface area contributed by atoms with E-state index in [1.807, 2.05) is 13.0 Å². The standard InChI is InChI=1S/C25H22BrClN2O5S/c1-16-7-13-20(14-8-16)35(32,33)28-23(22(27)18-9-11-19(26)12-10-18)24(30)29-21(15-34-25(29)31)17-5-3-2-4-6-17/h2-14,21-23,28H,15H2,1H3/t21-,22+,23+/m1/s1. The molecule has 0 aromatic heterocycles. The van der Waals surface area contributed by atoms with Crippen molar-refractivity contribution in [1.82, 2.24) is 9.62 Å². The van der Waals surface area contributed by atoms with Gasteiger partial charge in [0.2, 0.25) is 10.0 Å². The number of halogens is 2. The molecule has 7 nitrogen and oxygen atoms in total. The van der Waals surface area contributed by atoms with E-state index in [9.17, 15) is 18.0 Å². The maximum Gasteiger partial charge on any atom is 0.417 e. The Morgan fingerprint density at radius 1 is 1.06 bits per heavy atom. The van der Waals surface area contributed by atoms with E-state index in [4.69, 9.17) is 16.3 Å². The summed E-state index contributed by atoms with van der Waals surface area (Å²) in [6, 6.07) is 19.7. The first kappa shape index (κ1) is 25.4. The van der Waals surface area contributed by atoms with Crippen LogP contribution in [0.5, 0.6) is 0 Å². The van der Waals surface area contributed by atoms with E-state index in [-0.39, 0.29) is 11.5 Å². The average Bonchev–Trinajstić information content (AvgIpc) is 3.24. The first-order chi connectivity index (χ1) is 16.7. The van der Waals surface area contributed by atoms with Crippen LogP contribution in [0.25, 0.3) is 0 Å². The number of ether oxygens (including phenoxy) is 1. The van der Waals surface area contributed by atoms with Crippen LogP contribution in [0.15, 0.2) is 88.2 Å². The Kier molecular flexibility index (Phi) is 7.61. The van der Waals surface area contributed by atoms with Crippen LogP contribution < -0.4 is 4.72 Å². The molecule has 3 aromatic carbocycles. The number of hydrogen-bond donors (Lipinski definition) is 1. The molecule has 1 aliphatic rings. The molecular weight excluding hydrogens is 556 g/mol. The maximum absolute atomic E-state index is 13.8. The lowest BCUT2D eigenvalue weighted by molar-refractivity contribution is -0.131. The van der Waals surface area contributed by atoms with Gasteiger partial charge in [-0.25, -0.2) is 18.1 Å². The normalized spacial score (nSPS) is 17.6. The van der Waals surface area contributed by atoms with Gasteiger partial charge in [0, 0.05) is 4.47 Å². The summed E-state index contributed by atoms with van der Waals surface area (Å²) < 4.78 is 34.9. The molecule has 2 amide bonds. The van der Waals surface area contributed by atoms with E-state index in [1.54, 1.807) is 60.7 Å². The van der Waals surface area contributed by atoms with Crippen molar-refractivity contribution in [3.63, 3.8) is 0 Å². The molecule has 1 fully saturated rings. The summed E-state index contributed by atoms with van der Waals surface area (Å²) in [6.07, 6.45) is -0.858. The lowest BCUT2D eigenvalue weighted by atomic mass is 10.0. The van der Waals surface area contributed by atoms with Gasteiger partial charge in [-0.3, -0.25) is 4.79 Å². The van der Waals surface area contributed by atoms with E-state index in [1.165, 1.54) is 12.1 Å². The van der Waals surface area contributed by atoms with Crippen molar-refractivity contribution in [3.05, 3.63) is 100 Å². The van der Waals surface area contributed by atoms with Crippen LogP contribution in [0.2, 0.25) is 0 Å². The molecule has 0 aliphatic carbocycles. The minimum absolute atomic E-state index is 0.0239. The molecule has 35 heavy (non-hydrogen) atoms. The van der Waals surface area contributed by atoms with Crippen LogP contribution in [0, 0.1) is 6.92 Å². The summed E-state index contributed by atoms with van der Waals surface area (Å²) in [5.74, 6) is -0.806. The minimum atomic E-state index is -4.15. The highest BCUT2D eigenvalue weighted by atomic mass is 79.9. The molecule has 4 rings (SSSR count). The Balaban J connectivity index is 1.73. The maximum atomic E-state index is 13.8. The van der Waals surface area contributed by atoms with Crippen molar-refractivity contribution in [2.45, 2.75) is 29.3 Å². The number of nitrogens with one attached hydrogen (secondary N) is 1. The van der Waals surface area contributed by atoms with Crippen molar-refractivity contribution in [2.24, 2.45) is 0 Å². The Labute approximate surface area is 217 Å². The van der Waals surface area contributed by atoms with Gasteiger partial charge in [-0.05, 0) is 42.3 Å². The van der Waals surface area contributed by atoms with E-state index < -0.39 is 39.5 Å². The third kappa shape index (κ3) is 5.59. The third-order valence-electron chi connectivity index (χ3n) is 5.66. The molecule has 3 aromatic rings. The second-order valence-corrected chi connectivity index (χ2v) is 11.2. The van der Waals surface area contributed by atoms with Crippen LogP contribution in [-0.4, -0.2) is 38.0 Å². The molecule has 0 spiro atoms. The van der Waals surface area contributed by atoms with E-state index in [2.05, 4.69) is 20.7 Å². The van der Waals surface area contributed by atoms with Gasteiger partial charge in [0.1, 0.15) is 18.7 Å². The molecule has 3 atom stereocenters. The monoisotopic (exact) mass is 576 g/mol. The molecule has 1 aliphatic heterocycles. The fraction of sp³-hybridized carbons (Fsp3) is 0.200. The van der Waals surface area contributed by atoms with E-state index in [0.717, 1.165) is 14.9 Å². The van der Waals surface area contributed by atoms with E-state index >= 15 is 0 Å². The number of imide groups is 1. The van der Waals surface area contributed by atoms with Crippen molar-refractivity contribution in [3.8, 4) is 0 Å². The predicted octanol–water partition coefficient (Wildman–Crippen LogP) is 5.10. The number of sulfonamides is 1. The topological polar surface area (TPSA) is 92.8 Å². The fourth-order valence-corrected chi connectivity index (χ4v) is 5.62. The van der Waals surface area contributed by atoms with Gasteiger partial charge in [0.05, 0.1) is 10.3 Å². The molecular formula is C25H22BrClN2O5S. The van der Waals surface area contributed by atoms with Crippen LogP contribution in [0.1, 0.15) is 28.1 Å². The number of nitrogens with zero attached hydrogens (tertiary/aromatic N) is 1. The first-order valence-corrected chi connectivity index (χ1v) is 13.4. The first-order valence-electron chi connectivity index (χ1n) is 10.7. The Morgan fingerprint density at radius 3 is 2.31 bits per heavy atom. The third-order valence-corrected chi connectivity index (χ3v) is 8.15. The highest BCUT2D eigenvalue weighted by Crippen LogP contribution is 2.33. The molecule has 0 saturated carbocycles. The number of aryl methyl sites for hydroxylation is 1. The number of cyclic esters (lactones) is 1. The zero-order valence-electron chi connectivity index (χ0n) is 18.6. The predicted molar refractivity (Wildman–Crippen MR) is 135 cm³/mol. The lowest BCUT2D eigenvalue weighted by Crippen LogP contribution is -2.51. The van der Waals surface area contributed by atoms with Crippen LogP contribution in [0.3, 0.4) is 0 Å². The molecule has 0 radical (unpaired) electrons. The summed E-state index contributed by atoms with van der Waals surface area (Å²) in [5.41, 5.74) is 2.07. The lowest BCUT2D eigenvalue weighted by Gasteiger charge is -2.28. The Bertz CT molecular complexity index is 1320. The summed E-state index contributed by atoms with van der Waals surface area (Å²) in [5, 5.41) is -1.11. The Hall–Kier alpha value is -2.72. The van der Waals surface area contributed by atoms with Gasteiger partial charge in [-0.15, -0.1) is 11.6 Å². The SMILES string of the molecule is Cc1ccc(S(=O)(=O)N[C@H](C(=O)N2C(=O)OC[C@@H]2c2ccccc2)[C@@H](Cl)c2ccc(Br)cc2)cc1. The molecule has 1 saturated heterocycles. The van der Waals surface area contributed by atoms with Crippen LogP contribution >= 0.6 is 27.5 Å². The van der Waals surface area contributed by atoms with E-state index in [0.29, 0.717) is 11.1 Å². The summed E-state index contributed by atoms with van der Waals surface area (Å²) in [6.45, 7) is 1.79. The second-order valence-electron chi connectivity index (χ2n) is 8.08. The number of carbonyl (C=O) groups excluding carboxylic acids is 2. The summed E-state index contributed by atoms with van der Waals surface area (Å²) >= 11 is 10.1. The zero-order valence-corrected chi connectivity index (χ0v) is 21.8. The Morgan fingerprint density at radius 2 is 1.69 bits per heavy atom. The average molecular weight is 578 g/mol. The van der Waals surface area contributed by atoms with Crippen molar-refractivity contribution >= 4 is 49.6 Å². The number of amides is 2. The van der Waals surface area contributed by atoms with Gasteiger partial charge in [-0.1, -0.05) is 76.1 Å². The molecule has 1 heterocycles. The smallest absolute Gasteiger partial charge is 0.417 e. The second kappa shape index (κ2) is 10.5. The molecule has 0 bridgehead atoms. The number of rotatable bonds is 7. The quantitative estimate of drug-likeness (QED) is 0.394. The summed E-state index contributed by atoms with van der Waals surface area (Å²) in [4.78, 5) is 27.3. The van der Waals surface area contributed by atoms with Crippen molar-refractivity contribution in [1.29, 1.82) is 0 Å². The number of carbonyl (C=O) groups is 2. The number of benzene rings is 3. The molecule has 10 heteroatoms. The van der Waals surface area contributed by atoms with Crippen LogP contribution in [-0.2, 0) is 19.6 Å². The van der Waals surface area contributed by atoms with Crippen molar-refractivity contribution < 1.29 is 22.7 Å². The number of alkyl halides is 1. The molecule has 182 valence electrons. The van der Waals surface area contributed by atoms with Crippen LogP contribution in [0.4, 0.5) is 4.79 Å². The van der Waals surface area contributed by atoms with Gasteiger partial charge >= 0.3 is 6.09 Å². The van der Waals surface area contributed by atoms with Gasteiger partial charge in [0.15, 0.2) is 0 Å². The van der Waals surface area contributed by atoms with Gasteiger partial charge in [0.25, 0.3) is 5.91 Å². The highest BCUT2D eigenvalue weighted by molar-refractivity contribution is 9.10. The highest BCUT2D eigenvalue weighted by Gasteiger charge is 2.45. The largest absolute Gasteiger partial charge is 0.446 e. The molecule has 0 unspecified atom stereocenters. The van der Waals surface area contributed by atoms with Gasteiger partial charge < -0.3 is 4.74 Å². The van der Waals surface area contributed by atoms with Gasteiger partial charge in [-0.2, -0.15) is 4.72 Å². The molecule has 1 N–H and O–H groups in total. The zero-order chi connectivity index (χ0) is 25.2. The summed E-state index contributed by atoms with van der Waals surface area (Å²) in [7, 11) is -4.15. The minimum Gasteiger partial charge on any atom is -0.446 e. The number of hydrogen-bond acceptors (Lipinski definition) is 5. The van der Waals surface area contributed by atoms with Crippen molar-refractivity contribution in [2.75, 3.05) is 6.61 Å². The fourth-order valence-electron chi connectivity index (χ4n) is 3.76.